The van der Waals surface area contributed by atoms with Gasteiger partial charge in [-0.1, -0.05) is 5.16 Å². The second kappa shape index (κ2) is 6.82. The van der Waals surface area contributed by atoms with Crippen molar-refractivity contribution in [2.75, 3.05) is 26.3 Å². The SMILES string of the molecule is Cc1noc(CCNC(C)CC2COCCN2)n1. The molecule has 6 nitrogen and oxygen atoms in total. The van der Waals surface area contributed by atoms with E-state index in [4.69, 9.17) is 9.26 Å². The highest BCUT2D eigenvalue weighted by molar-refractivity contribution is 4.84. The largest absolute Gasteiger partial charge is 0.379 e. The third-order valence-corrected chi connectivity index (χ3v) is 3.04. The molecule has 102 valence electrons. The van der Waals surface area contributed by atoms with Crippen LogP contribution < -0.4 is 10.6 Å². The number of aromatic nitrogens is 2. The molecule has 0 radical (unpaired) electrons. The van der Waals surface area contributed by atoms with Gasteiger partial charge in [-0.05, 0) is 20.3 Å². The van der Waals surface area contributed by atoms with Crippen LogP contribution in [0.5, 0.6) is 0 Å². The molecule has 1 aliphatic heterocycles. The first-order valence-corrected chi connectivity index (χ1v) is 6.57. The highest BCUT2D eigenvalue weighted by Gasteiger charge is 2.15. The molecule has 18 heavy (non-hydrogen) atoms. The summed E-state index contributed by atoms with van der Waals surface area (Å²) in [6.07, 6.45) is 1.85. The van der Waals surface area contributed by atoms with Gasteiger partial charge in [0, 0.05) is 31.6 Å². The first kappa shape index (κ1) is 13.5. The number of morpholine rings is 1. The van der Waals surface area contributed by atoms with Crippen LogP contribution in [-0.4, -0.2) is 48.5 Å². The molecule has 1 aromatic rings. The summed E-state index contributed by atoms with van der Waals surface area (Å²) in [5, 5.41) is 10.7. The Kier molecular flexibility index (Phi) is 5.10. The standard InChI is InChI=1S/C12H22N4O2/c1-9(7-11-8-17-6-5-14-11)13-4-3-12-15-10(2)16-18-12/h9,11,13-14H,3-8H2,1-2H3. The van der Waals surface area contributed by atoms with E-state index in [2.05, 4.69) is 27.7 Å². The van der Waals surface area contributed by atoms with E-state index in [0.717, 1.165) is 39.1 Å². The fourth-order valence-corrected chi connectivity index (χ4v) is 2.15. The molecule has 1 aromatic heterocycles. The lowest BCUT2D eigenvalue weighted by Gasteiger charge is -2.26. The molecule has 2 rings (SSSR count). The Morgan fingerprint density at radius 2 is 2.44 bits per heavy atom. The highest BCUT2D eigenvalue weighted by Crippen LogP contribution is 2.03. The monoisotopic (exact) mass is 254 g/mol. The predicted molar refractivity (Wildman–Crippen MR) is 67.4 cm³/mol. The zero-order valence-electron chi connectivity index (χ0n) is 11.1. The van der Waals surface area contributed by atoms with Gasteiger partial charge in [-0.3, -0.25) is 0 Å². The molecule has 2 heterocycles. The van der Waals surface area contributed by atoms with E-state index in [0.29, 0.717) is 23.8 Å². The molecule has 1 fully saturated rings. The topological polar surface area (TPSA) is 72.2 Å². The van der Waals surface area contributed by atoms with Crippen molar-refractivity contribution in [3.63, 3.8) is 0 Å². The molecule has 1 saturated heterocycles. The van der Waals surface area contributed by atoms with Crippen molar-refractivity contribution in [1.29, 1.82) is 0 Å². The van der Waals surface area contributed by atoms with E-state index in [1.54, 1.807) is 0 Å². The van der Waals surface area contributed by atoms with E-state index in [1.165, 1.54) is 0 Å². The smallest absolute Gasteiger partial charge is 0.227 e. The molecule has 6 heteroatoms. The van der Waals surface area contributed by atoms with Crippen LogP contribution in [0, 0.1) is 6.92 Å². The fourth-order valence-electron chi connectivity index (χ4n) is 2.15. The normalized spacial score (nSPS) is 22.0. The number of rotatable bonds is 6. The van der Waals surface area contributed by atoms with Gasteiger partial charge in [-0.25, -0.2) is 0 Å². The second-order valence-electron chi connectivity index (χ2n) is 4.80. The summed E-state index contributed by atoms with van der Waals surface area (Å²) in [5.41, 5.74) is 0. The number of ether oxygens (including phenoxy) is 1. The molecule has 0 amide bonds. The minimum atomic E-state index is 0.452. The molecule has 2 N–H and O–H groups in total. The molecule has 0 aromatic carbocycles. The summed E-state index contributed by atoms with van der Waals surface area (Å²) in [6.45, 7) is 7.48. The lowest BCUT2D eigenvalue weighted by molar-refractivity contribution is 0.0712. The molecule has 0 aliphatic carbocycles. The zero-order chi connectivity index (χ0) is 12.8. The van der Waals surface area contributed by atoms with E-state index in [-0.39, 0.29) is 0 Å². The molecule has 0 spiro atoms. The van der Waals surface area contributed by atoms with Crippen LogP contribution in [0.15, 0.2) is 4.52 Å². The van der Waals surface area contributed by atoms with Gasteiger partial charge in [0.25, 0.3) is 0 Å². The second-order valence-corrected chi connectivity index (χ2v) is 4.80. The van der Waals surface area contributed by atoms with Crippen molar-refractivity contribution in [3.05, 3.63) is 11.7 Å². The molecular weight excluding hydrogens is 232 g/mol. The number of nitrogens with one attached hydrogen (secondary N) is 2. The van der Waals surface area contributed by atoms with Crippen LogP contribution in [0.3, 0.4) is 0 Å². The van der Waals surface area contributed by atoms with E-state index in [1.807, 2.05) is 6.92 Å². The highest BCUT2D eigenvalue weighted by atomic mass is 16.5. The maximum atomic E-state index is 5.44. The van der Waals surface area contributed by atoms with Crippen LogP contribution in [0.1, 0.15) is 25.1 Å². The first-order valence-electron chi connectivity index (χ1n) is 6.57. The van der Waals surface area contributed by atoms with Gasteiger partial charge in [-0.2, -0.15) is 4.98 Å². The Bertz CT molecular complexity index is 350. The fraction of sp³-hybridized carbons (Fsp3) is 0.833. The van der Waals surface area contributed by atoms with Gasteiger partial charge in [-0.15, -0.1) is 0 Å². The lowest BCUT2D eigenvalue weighted by Crippen LogP contribution is -2.45. The van der Waals surface area contributed by atoms with Gasteiger partial charge in [0.15, 0.2) is 5.82 Å². The molecule has 0 saturated carbocycles. The third-order valence-electron chi connectivity index (χ3n) is 3.04. The Labute approximate surface area is 107 Å². The first-order chi connectivity index (χ1) is 8.74. The minimum absolute atomic E-state index is 0.452. The molecule has 0 bridgehead atoms. The average Bonchev–Trinajstić information content (AvgIpc) is 2.76. The van der Waals surface area contributed by atoms with E-state index >= 15 is 0 Å². The van der Waals surface area contributed by atoms with Gasteiger partial charge >= 0.3 is 0 Å². The lowest BCUT2D eigenvalue weighted by atomic mass is 10.1. The summed E-state index contributed by atoms with van der Waals surface area (Å²) in [6, 6.07) is 0.917. The van der Waals surface area contributed by atoms with Crippen molar-refractivity contribution in [2.45, 2.75) is 38.8 Å². The Balaban J connectivity index is 1.60. The van der Waals surface area contributed by atoms with Crippen molar-refractivity contribution in [3.8, 4) is 0 Å². The van der Waals surface area contributed by atoms with Crippen molar-refractivity contribution in [2.24, 2.45) is 0 Å². The maximum absolute atomic E-state index is 5.44. The summed E-state index contributed by atoms with van der Waals surface area (Å²) < 4.78 is 10.5. The number of nitrogens with zero attached hydrogens (tertiary/aromatic N) is 2. The maximum Gasteiger partial charge on any atom is 0.227 e. The molecule has 2 unspecified atom stereocenters. The Morgan fingerprint density at radius 3 is 3.11 bits per heavy atom. The summed E-state index contributed by atoms with van der Waals surface area (Å²) in [4.78, 5) is 4.17. The summed E-state index contributed by atoms with van der Waals surface area (Å²) >= 11 is 0. The quantitative estimate of drug-likeness (QED) is 0.759. The molecular formula is C12H22N4O2. The molecule has 2 atom stereocenters. The van der Waals surface area contributed by atoms with Gasteiger partial charge < -0.3 is 19.9 Å². The van der Waals surface area contributed by atoms with Crippen LogP contribution in [-0.2, 0) is 11.2 Å². The Hall–Kier alpha value is -0.980. The van der Waals surface area contributed by atoms with E-state index in [9.17, 15) is 0 Å². The zero-order valence-corrected chi connectivity index (χ0v) is 11.1. The van der Waals surface area contributed by atoms with Crippen molar-refractivity contribution >= 4 is 0 Å². The predicted octanol–water partition coefficient (Wildman–Crippen LogP) is 0.277. The van der Waals surface area contributed by atoms with Crippen molar-refractivity contribution < 1.29 is 9.26 Å². The van der Waals surface area contributed by atoms with Gasteiger partial charge in [0.2, 0.25) is 5.89 Å². The van der Waals surface area contributed by atoms with Crippen LogP contribution in [0.25, 0.3) is 0 Å². The van der Waals surface area contributed by atoms with Crippen molar-refractivity contribution in [1.82, 2.24) is 20.8 Å². The number of hydrogen-bond acceptors (Lipinski definition) is 6. The number of hydrogen-bond donors (Lipinski definition) is 2. The van der Waals surface area contributed by atoms with Gasteiger partial charge in [0.1, 0.15) is 0 Å². The van der Waals surface area contributed by atoms with E-state index < -0.39 is 0 Å². The summed E-state index contributed by atoms with van der Waals surface area (Å²) in [5.74, 6) is 1.40. The minimum Gasteiger partial charge on any atom is -0.379 e. The summed E-state index contributed by atoms with van der Waals surface area (Å²) in [7, 11) is 0. The van der Waals surface area contributed by atoms with Crippen LogP contribution >= 0.6 is 0 Å². The third kappa shape index (κ3) is 4.36. The van der Waals surface area contributed by atoms with Crippen LogP contribution in [0.4, 0.5) is 0 Å². The van der Waals surface area contributed by atoms with Crippen LogP contribution in [0.2, 0.25) is 0 Å². The average molecular weight is 254 g/mol. The number of aryl methyl sites for hydroxylation is 1. The molecule has 1 aliphatic rings. The van der Waals surface area contributed by atoms with Gasteiger partial charge in [0.05, 0.1) is 13.2 Å². The Morgan fingerprint density at radius 1 is 1.56 bits per heavy atom.